The number of benzene rings is 1. The van der Waals surface area contributed by atoms with Crippen molar-refractivity contribution in [3.8, 4) is 0 Å². The molecule has 5 fully saturated rings. The Hall–Kier alpha value is -1.00. The van der Waals surface area contributed by atoms with E-state index in [4.69, 9.17) is 5.73 Å². The molecular weight excluding hydrogens is 388 g/mol. The van der Waals surface area contributed by atoms with Crippen molar-refractivity contribution in [3.63, 3.8) is 0 Å². The van der Waals surface area contributed by atoms with Gasteiger partial charge in [-0.3, -0.25) is 4.79 Å². The first-order valence-electron chi connectivity index (χ1n) is 11.9. The summed E-state index contributed by atoms with van der Waals surface area (Å²) in [6.45, 7) is 6.12. The summed E-state index contributed by atoms with van der Waals surface area (Å²) in [6.07, 6.45) is 9.44. The second-order valence-electron chi connectivity index (χ2n) is 11.8. The van der Waals surface area contributed by atoms with E-state index in [0.29, 0.717) is 28.6 Å². The van der Waals surface area contributed by atoms with E-state index in [1.165, 1.54) is 43.4 Å². The number of hydrogen-bond acceptors (Lipinski definition) is 3. The second-order valence-corrected chi connectivity index (χ2v) is 12.6. The van der Waals surface area contributed by atoms with E-state index >= 15 is 0 Å². The number of carbonyl (C=O) groups is 1. The summed E-state index contributed by atoms with van der Waals surface area (Å²) in [4.78, 5) is 16.1. The molecular formula is C26H38N2OS. The standard InChI is InChI=1S/C26H38N2OS/c1-24(2)16-28(10-9-21(24)27)23(29)22-18-11-25(17-30-3)12-19(22)14-26(13-18,15-25)20-7-5-4-6-8-20/h4-8,18-19,21-22H,9-17,27H2,1-3H3/t18?,19?,21-,22?,25?,26?/m0/s1. The Morgan fingerprint density at radius 3 is 2.40 bits per heavy atom. The lowest BCUT2D eigenvalue weighted by Crippen LogP contribution is -2.63. The van der Waals surface area contributed by atoms with Gasteiger partial charge in [0.2, 0.25) is 5.91 Å². The van der Waals surface area contributed by atoms with Gasteiger partial charge in [0, 0.05) is 25.0 Å². The minimum Gasteiger partial charge on any atom is -0.342 e. The molecule has 5 aliphatic rings. The fourth-order valence-electron chi connectivity index (χ4n) is 8.11. The summed E-state index contributed by atoms with van der Waals surface area (Å²) in [6, 6.07) is 11.5. The molecule has 1 aromatic rings. The van der Waals surface area contributed by atoms with Crippen LogP contribution in [0, 0.1) is 28.6 Å². The Bertz CT molecular complexity index is 791. The molecule has 1 aliphatic heterocycles. The van der Waals surface area contributed by atoms with Gasteiger partial charge < -0.3 is 10.6 Å². The number of carbonyl (C=O) groups excluding carboxylic acids is 1. The van der Waals surface area contributed by atoms with Crippen molar-refractivity contribution in [1.29, 1.82) is 0 Å². The van der Waals surface area contributed by atoms with Crippen molar-refractivity contribution in [2.75, 3.05) is 25.1 Å². The molecule has 164 valence electrons. The Kier molecular flexibility index (Phi) is 5.06. The van der Waals surface area contributed by atoms with Crippen LogP contribution < -0.4 is 5.73 Å². The molecule has 3 atom stereocenters. The van der Waals surface area contributed by atoms with Crippen LogP contribution in [0.15, 0.2) is 30.3 Å². The van der Waals surface area contributed by atoms with E-state index in [2.05, 4.69) is 55.3 Å². The molecule has 1 amide bonds. The van der Waals surface area contributed by atoms with Gasteiger partial charge >= 0.3 is 0 Å². The predicted molar refractivity (Wildman–Crippen MR) is 125 cm³/mol. The van der Waals surface area contributed by atoms with Gasteiger partial charge in [0.1, 0.15) is 0 Å². The highest BCUT2D eigenvalue weighted by molar-refractivity contribution is 7.98. The van der Waals surface area contributed by atoms with Gasteiger partial charge in [0.15, 0.2) is 0 Å². The molecule has 0 spiro atoms. The summed E-state index contributed by atoms with van der Waals surface area (Å²) in [7, 11) is 0. The first kappa shape index (κ1) is 20.9. The zero-order chi connectivity index (χ0) is 21.1. The second kappa shape index (κ2) is 7.27. The lowest BCUT2D eigenvalue weighted by molar-refractivity contribution is -0.160. The monoisotopic (exact) mass is 426 g/mol. The van der Waals surface area contributed by atoms with E-state index in [1.807, 2.05) is 11.8 Å². The highest BCUT2D eigenvalue weighted by Gasteiger charge is 2.63. The van der Waals surface area contributed by atoms with Crippen molar-refractivity contribution in [1.82, 2.24) is 4.90 Å². The SMILES string of the molecule is CSCC12CC3CC(c4ccccc4)(CC(C1)C3C(=O)N1CC[C@H](N)C(C)(C)C1)C2. The molecule has 30 heavy (non-hydrogen) atoms. The molecule has 0 radical (unpaired) electrons. The lowest BCUT2D eigenvalue weighted by Gasteiger charge is -2.65. The summed E-state index contributed by atoms with van der Waals surface area (Å²) in [5.41, 5.74) is 8.64. The lowest BCUT2D eigenvalue weighted by atomic mass is 9.40. The van der Waals surface area contributed by atoms with Crippen molar-refractivity contribution >= 4 is 17.7 Å². The van der Waals surface area contributed by atoms with Crippen LogP contribution in [0.2, 0.25) is 0 Å². The van der Waals surface area contributed by atoms with E-state index < -0.39 is 0 Å². The Morgan fingerprint density at radius 1 is 1.13 bits per heavy atom. The summed E-state index contributed by atoms with van der Waals surface area (Å²) in [5.74, 6) is 3.03. The van der Waals surface area contributed by atoms with E-state index in [9.17, 15) is 4.79 Å². The average molecular weight is 427 g/mol. The first-order chi connectivity index (χ1) is 14.3. The zero-order valence-electron chi connectivity index (χ0n) is 18.9. The fourth-order valence-corrected chi connectivity index (χ4v) is 9.06. The number of likely N-dealkylation sites (tertiary alicyclic amines) is 1. The van der Waals surface area contributed by atoms with Crippen molar-refractivity contribution in [2.24, 2.45) is 34.3 Å². The highest BCUT2D eigenvalue weighted by atomic mass is 32.2. The summed E-state index contributed by atoms with van der Waals surface area (Å²) < 4.78 is 0. The van der Waals surface area contributed by atoms with Crippen LogP contribution in [0.1, 0.15) is 57.9 Å². The summed E-state index contributed by atoms with van der Waals surface area (Å²) >= 11 is 2.01. The zero-order valence-corrected chi connectivity index (χ0v) is 19.7. The molecule has 2 N–H and O–H groups in total. The minimum atomic E-state index is 0.0190. The van der Waals surface area contributed by atoms with Gasteiger partial charge in [-0.2, -0.15) is 11.8 Å². The maximum Gasteiger partial charge on any atom is 0.226 e. The third-order valence-electron chi connectivity index (χ3n) is 9.17. The Morgan fingerprint density at radius 2 is 1.80 bits per heavy atom. The van der Waals surface area contributed by atoms with E-state index in [0.717, 1.165) is 19.5 Å². The molecule has 4 aliphatic carbocycles. The van der Waals surface area contributed by atoms with Gasteiger partial charge in [-0.1, -0.05) is 44.2 Å². The molecule has 1 aromatic carbocycles. The molecule has 4 heteroatoms. The first-order valence-corrected chi connectivity index (χ1v) is 13.3. The Labute approximate surface area is 186 Å². The molecule has 1 heterocycles. The average Bonchev–Trinajstić information content (AvgIpc) is 2.70. The molecule has 2 unspecified atom stereocenters. The Balaban J connectivity index is 1.44. The van der Waals surface area contributed by atoms with Crippen LogP contribution in [0.5, 0.6) is 0 Å². The van der Waals surface area contributed by atoms with Gasteiger partial charge in [-0.25, -0.2) is 0 Å². The highest BCUT2D eigenvalue weighted by Crippen LogP contribution is 2.68. The van der Waals surface area contributed by atoms with Gasteiger partial charge in [-0.15, -0.1) is 0 Å². The van der Waals surface area contributed by atoms with Crippen LogP contribution in [0.4, 0.5) is 0 Å². The van der Waals surface area contributed by atoms with Crippen LogP contribution in [0.3, 0.4) is 0 Å². The van der Waals surface area contributed by atoms with Gasteiger partial charge in [0.25, 0.3) is 0 Å². The molecule has 6 rings (SSSR count). The maximum absolute atomic E-state index is 13.9. The topological polar surface area (TPSA) is 46.3 Å². The molecule has 3 nitrogen and oxygen atoms in total. The van der Waals surface area contributed by atoms with Crippen LogP contribution in [0.25, 0.3) is 0 Å². The van der Waals surface area contributed by atoms with Crippen LogP contribution >= 0.6 is 11.8 Å². The maximum atomic E-state index is 13.9. The van der Waals surface area contributed by atoms with E-state index in [-0.39, 0.29) is 17.4 Å². The predicted octanol–water partition coefficient (Wildman–Crippen LogP) is 4.70. The quantitative estimate of drug-likeness (QED) is 0.759. The number of nitrogens with two attached hydrogens (primary N) is 1. The third kappa shape index (κ3) is 3.24. The number of amides is 1. The normalized spacial score (nSPS) is 41.8. The van der Waals surface area contributed by atoms with Crippen molar-refractivity contribution < 1.29 is 4.79 Å². The molecule has 1 saturated heterocycles. The van der Waals surface area contributed by atoms with Crippen LogP contribution in [-0.4, -0.2) is 41.9 Å². The van der Waals surface area contributed by atoms with E-state index in [1.54, 1.807) is 0 Å². The van der Waals surface area contributed by atoms with Crippen LogP contribution in [-0.2, 0) is 10.2 Å². The van der Waals surface area contributed by atoms with Crippen molar-refractivity contribution in [3.05, 3.63) is 35.9 Å². The molecule has 0 aromatic heterocycles. The number of nitrogens with zero attached hydrogens (tertiary/aromatic N) is 1. The summed E-state index contributed by atoms with van der Waals surface area (Å²) in [5, 5.41) is 0. The third-order valence-corrected chi connectivity index (χ3v) is 10.1. The van der Waals surface area contributed by atoms with Gasteiger partial charge in [0.05, 0.1) is 0 Å². The fraction of sp³-hybridized carbons (Fsp3) is 0.731. The number of rotatable bonds is 4. The number of thioether (sulfide) groups is 1. The smallest absolute Gasteiger partial charge is 0.226 e. The number of piperidine rings is 1. The van der Waals surface area contributed by atoms with Gasteiger partial charge in [-0.05, 0) is 84.2 Å². The number of hydrogen-bond donors (Lipinski definition) is 1. The minimum absolute atomic E-state index is 0.0190. The molecule has 4 saturated carbocycles. The largest absolute Gasteiger partial charge is 0.342 e. The molecule has 4 bridgehead atoms. The van der Waals surface area contributed by atoms with Crippen molar-refractivity contribution in [2.45, 2.75) is 63.8 Å².